The Morgan fingerprint density at radius 3 is 1.59 bits per heavy atom. The van der Waals surface area contributed by atoms with E-state index in [0.717, 1.165) is 26.2 Å². The Hall–Kier alpha value is -1.36. The van der Waals surface area contributed by atoms with Gasteiger partial charge in [-0.15, -0.1) is 5.56 Å². The maximum absolute atomic E-state index is 3.15. The van der Waals surface area contributed by atoms with E-state index in [1.165, 1.54) is 16.7 Å². The van der Waals surface area contributed by atoms with Gasteiger partial charge in [-0.3, -0.25) is 9.80 Å². The molecule has 1 heterocycles. The van der Waals surface area contributed by atoms with Crippen LogP contribution in [0.1, 0.15) is 22.9 Å². The Kier molecular flexibility index (Phi) is 8.80. The van der Waals surface area contributed by atoms with Gasteiger partial charge in [0, 0.05) is 26.2 Å². The fourth-order valence-electron chi connectivity index (χ4n) is 3.69. The summed E-state index contributed by atoms with van der Waals surface area (Å²) < 4.78 is 0. The Labute approximate surface area is 184 Å². The zero-order chi connectivity index (χ0) is 16.9. The van der Waals surface area contributed by atoms with E-state index < -0.39 is 0 Å². The van der Waals surface area contributed by atoms with E-state index in [2.05, 4.69) is 88.7 Å². The topological polar surface area (TPSA) is 6.48 Å². The van der Waals surface area contributed by atoms with Crippen LogP contribution >= 0.6 is 0 Å². The quantitative estimate of drug-likeness (QED) is 0.479. The summed E-state index contributed by atoms with van der Waals surface area (Å²) in [6, 6.07) is 33.1. The summed E-state index contributed by atoms with van der Waals surface area (Å²) in [5.74, 6) is 0. The van der Waals surface area contributed by atoms with Crippen LogP contribution in [0, 0.1) is 6.07 Å². The van der Waals surface area contributed by atoms with E-state index in [0.29, 0.717) is 6.17 Å². The summed E-state index contributed by atoms with van der Waals surface area (Å²) in [6.07, 6.45) is 0.315. The first-order valence-electron chi connectivity index (χ1n) is 8.92. The molecule has 134 valence electrons. The molecule has 0 aliphatic carbocycles. The van der Waals surface area contributed by atoms with Crippen LogP contribution in [-0.4, -0.2) is 45.9 Å². The molecule has 4 rings (SSSR count). The molecule has 27 heavy (non-hydrogen) atoms. The largest absolute Gasteiger partial charge is 2.00 e. The van der Waals surface area contributed by atoms with Crippen molar-refractivity contribution >= 4 is 23.1 Å². The average molecular weight is 387 g/mol. The third-order valence-corrected chi connectivity index (χ3v) is 4.87. The van der Waals surface area contributed by atoms with E-state index in [9.17, 15) is 0 Å². The summed E-state index contributed by atoms with van der Waals surface area (Å²) >= 11 is 0. The van der Waals surface area contributed by atoms with Crippen LogP contribution < -0.4 is 12.4 Å². The number of hydrogen-bond acceptors (Lipinski definition) is 2. The minimum Gasteiger partial charge on any atom is -1.00 e. The van der Waals surface area contributed by atoms with Crippen molar-refractivity contribution in [2.75, 3.05) is 13.1 Å². The van der Waals surface area contributed by atoms with Crippen LogP contribution in [0.2, 0.25) is 0 Å². The molecule has 2 nitrogen and oxygen atoms in total. The Morgan fingerprint density at radius 2 is 1.15 bits per heavy atom. The molecule has 0 saturated carbocycles. The van der Waals surface area contributed by atoms with Crippen molar-refractivity contribution in [2.24, 2.45) is 0 Å². The Morgan fingerprint density at radius 1 is 0.704 bits per heavy atom. The fraction of sp³-hybridized carbons (Fsp3) is 0.217. The van der Waals surface area contributed by atoms with Crippen molar-refractivity contribution in [3.05, 3.63) is 108 Å². The van der Waals surface area contributed by atoms with Gasteiger partial charge in [0.25, 0.3) is 0 Å². The van der Waals surface area contributed by atoms with Gasteiger partial charge in [-0.2, -0.15) is 30.3 Å². The first-order chi connectivity index (χ1) is 12.4. The molecule has 1 fully saturated rings. The minimum atomic E-state index is 0. The van der Waals surface area contributed by atoms with Crippen LogP contribution in [-0.2, 0) is 13.1 Å². The van der Waals surface area contributed by atoms with Gasteiger partial charge in [0.1, 0.15) is 0 Å². The molecule has 0 amide bonds. The molecule has 0 aromatic heterocycles. The van der Waals surface area contributed by atoms with Gasteiger partial charge >= 0.3 is 23.1 Å². The molecule has 0 unspecified atom stereocenters. The van der Waals surface area contributed by atoms with E-state index >= 15 is 0 Å². The molecule has 3 aromatic rings. The molecule has 0 bridgehead atoms. The standard InChI is InChI=1S/C23H23N2.ClH.Mg/c1-4-10-20(11-5-1)18-24-16-17-25(19-21-12-6-2-7-13-21)23(24)22-14-8-3-9-15-22;;/h1-2,4-15,23H,16-19H2;1H;/q-1;;+2/p-1. The third-order valence-electron chi connectivity index (χ3n) is 4.87. The van der Waals surface area contributed by atoms with Crippen molar-refractivity contribution in [3.63, 3.8) is 0 Å². The summed E-state index contributed by atoms with van der Waals surface area (Å²) in [4.78, 5) is 5.15. The number of hydrogen-bond donors (Lipinski definition) is 0. The zero-order valence-corrected chi connectivity index (χ0v) is 17.6. The van der Waals surface area contributed by atoms with Crippen LogP contribution in [0.5, 0.6) is 0 Å². The van der Waals surface area contributed by atoms with Gasteiger partial charge in [-0.05, 0) is 11.1 Å². The molecule has 1 saturated heterocycles. The van der Waals surface area contributed by atoms with E-state index in [-0.39, 0.29) is 35.5 Å². The molecule has 0 atom stereocenters. The smallest absolute Gasteiger partial charge is 1.00 e. The van der Waals surface area contributed by atoms with Crippen molar-refractivity contribution in [2.45, 2.75) is 19.3 Å². The predicted octanol–water partition coefficient (Wildman–Crippen LogP) is 1.13. The Balaban J connectivity index is 0.00000131. The molecular formula is C23H23ClMgN2. The average Bonchev–Trinajstić information content (AvgIpc) is 3.06. The van der Waals surface area contributed by atoms with Gasteiger partial charge in [-0.25, -0.2) is 0 Å². The van der Waals surface area contributed by atoms with Crippen LogP contribution in [0.25, 0.3) is 0 Å². The second-order valence-electron chi connectivity index (χ2n) is 6.62. The van der Waals surface area contributed by atoms with Gasteiger partial charge in [0.15, 0.2) is 0 Å². The van der Waals surface area contributed by atoms with Crippen molar-refractivity contribution in [1.82, 2.24) is 9.80 Å². The van der Waals surface area contributed by atoms with Crippen LogP contribution in [0.3, 0.4) is 0 Å². The molecule has 4 heteroatoms. The first kappa shape index (κ1) is 21.9. The molecule has 1 aliphatic rings. The molecule has 0 N–H and O–H groups in total. The number of halogens is 1. The van der Waals surface area contributed by atoms with Gasteiger partial charge in [0.2, 0.25) is 0 Å². The second-order valence-corrected chi connectivity index (χ2v) is 6.62. The normalized spacial score (nSPS) is 15.1. The van der Waals surface area contributed by atoms with E-state index in [1.54, 1.807) is 0 Å². The second kappa shape index (κ2) is 10.8. The molecule has 1 aliphatic heterocycles. The van der Waals surface area contributed by atoms with Gasteiger partial charge < -0.3 is 12.4 Å². The summed E-state index contributed by atoms with van der Waals surface area (Å²) in [5, 5.41) is 0. The van der Waals surface area contributed by atoms with Crippen molar-refractivity contribution in [3.8, 4) is 0 Å². The minimum absolute atomic E-state index is 0. The fourth-order valence-corrected chi connectivity index (χ4v) is 3.69. The van der Waals surface area contributed by atoms with Crippen LogP contribution in [0.15, 0.2) is 84.9 Å². The maximum atomic E-state index is 3.15. The summed E-state index contributed by atoms with van der Waals surface area (Å²) in [7, 11) is 0. The van der Waals surface area contributed by atoms with Crippen molar-refractivity contribution < 1.29 is 12.4 Å². The van der Waals surface area contributed by atoms with Crippen LogP contribution in [0.4, 0.5) is 0 Å². The predicted molar refractivity (Wildman–Crippen MR) is 107 cm³/mol. The van der Waals surface area contributed by atoms with E-state index in [4.69, 9.17) is 0 Å². The number of rotatable bonds is 5. The molecule has 0 radical (unpaired) electrons. The SMILES string of the molecule is [Cl-].[Mg+2].[c-]1ccc(C2N(Cc3ccccc3)CCN2Cc2ccccc2)cc1. The van der Waals surface area contributed by atoms with E-state index in [1.807, 2.05) is 12.1 Å². The Bertz CT molecular complexity index is 734. The third kappa shape index (κ3) is 5.56. The summed E-state index contributed by atoms with van der Waals surface area (Å²) in [6.45, 7) is 4.14. The van der Waals surface area contributed by atoms with Crippen molar-refractivity contribution in [1.29, 1.82) is 0 Å². The zero-order valence-electron chi connectivity index (χ0n) is 15.5. The van der Waals surface area contributed by atoms with Gasteiger partial charge in [-0.1, -0.05) is 60.7 Å². The maximum Gasteiger partial charge on any atom is 2.00 e. The number of benzene rings is 3. The molecular weight excluding hydrogens is 364 g/mol. The first-order valence-corrected chi connectivity index (χ1v) is 8.92. The molecule has 0 spiro atoms. The number of nitrogens with zero attached hydrogens (tertiary/aromatic N) is 2. The monoisotopic (exact) mass is 386 g/mol. The van der Waals surface area contributed by atoms with Gasteiger partial charge in [0.05, 0.1) is 6.17 Å². The molecule has 3 aromatic carbocycles. The summed E-state index contributed by atoms with van der Waals surface area (Å²) in [5.41, 5.74) is 4.09.